The molecule has 0 aromatic heterocycles. The van der Waals surface area contributed by atoms with Crippen LogP contribution in [0.5, 0.6) is 11.5 Å². The molecule has 7 nitrogen and oxygen atoms in total. The van der Waals surface area contributed by atoms with Gasteiger partial charge in [-0.25, -0.2) is 8.78 Å². The van der Waals surface area contributed by atoms with Gasteiger partial charge in [-0.05, 0) is 49.2 Å². The van der Waals surface area contributed by atoms with Gasteiger partial charge in [-0.3, -0.25) is 20.2 Å². The van der Waals surface area contributed by atoms with Crippen molar-refractivity contribution in [2.75, 3.05) is 0 Å². The fraction of sp³-hybridized carbons (Fsp3) is 0.200. The first-order chi connectivity index (χ1) is 21.8. The van der Waals surface area contributed by atoms with Crippen molar-refractivity contribution < 1.29 is 49.7 Å². The minimum atomic E-state index is -5.02. The van der Waals surface area contributed by atoms with Crippen molar-refractivity contribution in [3.63, 3.8) is 0 Å². The highest BCUT2D eigenvalue weighted by Gasteiger charge is 2.36. The van der Waals surface area contributed by atoms with Gasteiger partial charge < -0.3 is 4.74 Å². The summed E-state index contributed by atoms with van der Waals surface area (Å²) in [6.45, 7) is 2.82. The number of alkyl halides is 6. The maximum Gasteiger partial charge on any atom is 0.416 e. The van der Waals surface area contributed by atoms with Gasteiger partial charge in [0.05, 0.1) is 31.0 Å². The number of ether oxygens (including phenoxy) is 1. The summed E-state index contributed by atoms with van der Waals surface area (Å²) < 4.78 is 117. The van der Waals surface area contributed by atoms with Crippen LogP contribution in [0.15, 0.2) is 48.5 Å². The molecule has 4 aromatic carbocycles. The van der Waals surface area contributed by atoms with E-state index in [9.17, 15) is 46.6 Å². The van der Waals surface area contributed by atoms with E-state index >= 15 is 8.78 Å². The molecule has 4 aromatic rings. The highest BCUT2D eigenvalue weighted by atomic mass is 35.5. The lowest BCUT2D eigenvalue weighted by Crippen LogP contribution is -2.08. The molecule has 0 unspecified atom stereocenters. The lowest BCUT2D eigenvalue weighted by atomic mass is 9.92. The lowest BCUT2D eigenvalue weighted by molar-refractivity contribution is -0.385. The van der Waals surface area contributed by atoms with E-state index in [-0.39, 0.29) is 36.1 Å². The number of nitro groups is 2. The van der Waals surface area contributed by atoms with Crippen LogP contribution in [0, 0.1) is 31.9 Å². The first kappa shape index (κ1) is 35.4. The largest absolute Gasteiger partial charge is 0.456 e. The topological polar surface area (TPSA) is 95.5 Å². The zero-order valence-electron chi connectivity index (χ0n) is 23.7. The Kier molecular flexibility index (Phi) is 9.74. The molecular weight excluding hydrogens is 691 g/mol. The van der Waals surface area contributed by atoms with Crippen molar-refractivity contribution in [1.82, 2.24) is 0 Å². The molecule has 0 aliphatic carbocycles. The Morgan fingerprint density at radius 2 is 0.979 bits per heavy atom. The summed E-state index contributed by atoms with van der Waals surface area (Å²) in [4.78, 5) is 22.1. The molecule has 0 saturated carbocycles. The second-order valence-corrected chi connectivity index (χ2v) is 10.6. The van der Waals surface area contributed by atoms with Crippen LogP contribution in [0.1, 0.15) is 36.1 Å². The number of nitro benzene ring substituents is 2. The monoisotopic (exact) mass is 708 g/mol. The fourth-order valence-electron chi connectivity index (χ4n) is 5.08. The molecule has 0 radical (unpaired) electrons. The highest BCUT2D eigenvalue weighted by molar-refractivity contribution is 6.34. The first-order valence-electron chi connectivity index (χ1n) is 13.2. The molecule has 0 bridgehead atoms. The number of nitrogens with zero attached hydrogens (tertiary/aromatic N) is 2. The van der Waals surface area contributed by atoms with Crippen molar-refractivity contribution in [3.8, 4) is 33.8 Å². The minimum absolute atomic E-state index is 0.118. The molecular formula is C30H18Cl2F8N2O5. The molecule has 0 saturated heterocycles. The molecule has 0 atom stereocenters. The summed E-state index contributed by atoms with van der Waals surface area (Å²) in [6, 6.07) is 4.79. The van der Waals surface area contributed by atoms with Crippen LogP contribution >= 0.6 is 23.2 Å². The molecule has 0 aliphatic rings. The van der Waals surface area contributed by atoms with Crippen LogP contribution in [0.4, 0.5) is 46.5 Å². The van der Waals surface area contributed by atoms with Gasteiger partial charge in [0, 0.05) is 45.5 Å². The summed E-state index contributed by atoms with van der Waals surface area (Å²) in [6.07, 6.45) is -10.5. The first-order valence-corrected chi connectivity index (χ1v) is 14.0. The SMILES string of the molecule is CCc1c([N+](=O)[O-])ccc(Oc2ccc([N+](=O)[O-])c(CC)c2-c2c(F)cc(C(F)(F)F)cc2Cl)c1-c1c(F)cc(C(F)(F)F)cc1Cl. The van der Waals surface area contributed by atoms with Gasteiger partial charge in [0.15, 0.2) is 0 Å². The molecule has 0 spiro atoms. The van der Waals surface area contributed by atoms with Gasteiger partial charge in [0.25, 0.3) is 11.4 Å². The van der Waals surface area contributed by atoms with Gasteiger partial charge >= 0.3 is 12.4 Å². The van der Waals surface area contributed by atoms with Crippen molar-refractivity contribution in [1.29, 1.82) is 0 Å². The maximum absolute atomic E-state index is 15.5. The molecule has 47 heavy (non-hydrogen) atoms. The van der Waals surface area contributed by atoms with E-state index in [1.165, 1.54) is 13.8 Å². The Morgan fingerprint density at radius 1 is 0.638 bits per heavy atom. The van der Waals surface area contributed by atoms with Crippen LogP contribution in [0.25, 0.3) is 22.3 Å². The smallest absolute Gasteiger partial charge is 0.416 e. The maximum atomic E-state index is 15.5. The molecule has 0 amide bonds. The third-order valence-corrected chi connectivity index (χ3v) is 7.66. The predicted molar refractivity (Wildman–Crippen MR) is 156 cm³/mol. The van der Waals surface area contributed by atoms with Crippen molar-refractivity contribution in [3.05, 3.63) is 113 Å². The van der Waals surface area contributed by atoms with E-state index in [4.69, 9.17) is 27.9 Å². The average molecular weight is 709 g/mol. The van der Waals surface area contributed by atoms with Crippen LogP contribution in [0.3, 0.4) is 0 Å². The fourth-order valence-corrected chi connectivity index (χ4v) is 5.68. The van der Waals surface area contributed by atoms with Crippen molar-refractivity contribution in [2.45, 2.75) is 39.0 Å². The number of hydrogen-bond acceptors (Lipinski definition) is 5. The Bertz CT molecular complexity index is 1750. The van der Waals surface area contributed by atoms with E-state index < -0.39 is 100 Å². The minimum Gasteiger partial charge on any atom is -0.456 e. The summed E-state index contributed by atoms with van der Waals surface area (Å²) in [5, 5.41) is 22.1. The third-order valence-electron chi connectivity index (χ3n) is 7.06. The Balaban J connectivity index is 2.10. The van der Waals surface area contributed by atoms with Gasteiger partial charge in [-0.1, -0.05) is 37.0 Å². The number of rotatable bonds is 8. The Labute approximate surface area is 269 Å². The summed E-state index contributed by atoms with van der Waals surface area (Å²) in [5.74, 6) is -4.04. The second-order valence-electron chi connectivity index (χ2n) is 9.82. The van der Waals surface area contributed by atoms with E-state index in [0.29, 0.717) is 12.1 Å². The molecule has 248 valence electrons. The second kappa shape index (κ2) is 13.0. The third kappa shape index (κ3) is 6.81. The number of benzene rings is 4. The summed E-state index contributed by atoms with van der Waals surface area (Å²) >= 11 is 12.3. The number of halogens is 10. The van der Waals surface area contributed by atoms with Crippen LogP contribution in [-0.2, 0) is 25.2 Å². The molecule has 17 heteroatoms. The molecule has 0 N–H and O–H groups in total. The highest BCUT2D eigenvalue weighted by Crippen LogP contribution is 2.50. The van der Waals surface area contributed by atoms with Gasteiger partial charge in [-0.15, -0.1) is 0 Å². The molecule has 0 heterocycles. The van der Waals surface area contributed by atoms with Crippen molar-refractivity contribution >= 4 is 34.6 Å². The van der Waals surface area contributed by atoms with Gasteiger partial charge in [0.1, 0.15) is 23.1 Å². The predicted octanol–water partition coefficient (Wildman–Crippen LogP) is 11.4. The molecule has 0 aliphatic heterocycles. The van der Waals surface area contributed by atoms with Crippen LogP contribution < -0.4 is 4.74 Å². The average Bonchev–Trinajstić information content (AvgIpc) is 2.95. The van der Waals surface area contributed by atoms with Crippen LogP contribution in [0.2, 0.25) is 10.0 Å². The normalized spacial score (nSPS) is 11.9. The van der Waals surface area contributed by atoms with Crippen molar-refractivity contribution in [2.24, 2.45) is 0 Å². The van der Waals surface area contributed by atoms with Crippen LogP contribution in [-0.4, -0.2) is 9.85 Å². The Hall–Kier alpha value is -4.50. The molecule has 4 rings (SSSR count). The zero-order chi connectivity index (χ0) is 35.2. The van der Waals surface area contributed by atoms with E-state index in [1.54, 1.807) is 0 Å². The van der Waals surface area contributed by atoms with E-state index in [0.717, 1.165) is 24.3 Å². The quantitative estimate of drug-likeness (QED) is 0.103. The lowest BCUT2D eigenvalue weighted by Gasteiger charge is -2.21. The zero-order valence-corrected chi connectivity index (χ0v) is 25.3. The summed E-state index contributed by atoms with van der Waals surface area (Å²) in [5.41, 5.74) is -7.02. The number of hydrogen-bond donors (Lipinski definition) is 0. The van der Waals surface area contributed by atoms with E-state index in [1.807, 2.05) is 0 Å². The van der Waals surface area contributed by atoms with E-state index in [2.05, 4.69) is 0 Å². The van der Waals surface area contributed by atoms with Gasteiger partial charge in [-0.2, -0.15) is 26.3 Å². The Morgan fingerprint density at radius 3 is 1.23 bits per heavy atom. The molecule has 0 fully saturated rings. The summed E-state index contributed by atoms with van der Waals surface area (Å²) in [7, 11) is 0. The standard InChI is InChI=1S/C30H18Cl2F8N2O5/c1-3-15-21(41(43)44)5-7-23(25(15)27-17(31)9-13(11-19(27)33)29(35,36)37)47-24-8-6-22(42(45)46)16(4-2)26(24)28-18(32)10-14(12-20(28)34)30(38,39)40/h5-12H,3-4H2,1-2H3. The van der Waals surface area contributed by atoms with Gasteiger partial charge in [0.2, 0.25) is 0 Å².